The molecule has 114 valence electrons. The second kappa shape index (κ2) is 6.60. The SMILES string of the molecule is CC(NC(CO)c1ccco1)c1ccc(-n2ccnc2)cc1. The molecule has 5 heteroatoms. The maximum Gasteiger partial charge on any atom is 0.123 e. The maximum atomic E-state index is 9.53. The van der Waals surface area contributed by atoms with Crippen molar-refractivity contribution in [1.82, 2.24) is 14.9 Å². The van der Waals surface area contributed by atoms with E-state index in [-0.39, 0.29) is 18.7 Å². The van der Waals surface area contributed by atoms with Crippen LogP contribution in [0.1, 0.15) is 30.3 Å². The number of aliphatic hydroxyl groups is 1. The van der Waals surface area contributed by atoms with E-state index in [1.807, 2.05) is 22.9 Å². The fraction of sp³-hybridized carbons (Fsp3) is 0.235. The molecule has 2 aromatic heterocycles. The van der Waals surface area contributed by atoms with Gasteiger partial charge >= 0.3 is 0 Å². The fourth-order valence-corrected chi connectivity index (χ4v) is 2.46. The van der Waals surface area contributed by atoms with Crippen LogP contribution in [0.4, 0.5) is 0 Å². The summed E-state index contributed by atoms with van der Waals surface area (Å²) in [4.78, 5) is 4.05. The first-order valence-corrected chi connectivity index (χ1v) is 7.26. The summed E-state index contributed by atoms with van der Waals surface area (Å²) in [6.45, 7) is 2.06. The predicted octanol–water partition coefficient (Wildman–Crippen LogP) is 2.85. The van der Waals surface area contributed by atoms with Gasteiger partial charge in [0.15, 0.2) is 0 Å². The van der Waals surface area contributed by atoms with Crippen LogP contribution in [0.25, 0.3) is 5.69 Å². The van der Waals surface area contributed by atoms with Gasteiger partial charge in [0.25, 0.3) is 0 Å². The molecule has 0 aliphatic heterocycles. The van der Waals surface area contributed by atoms with Gasteiger partial charge in [-0.1, -0.05) is 12.1 Å². The Kier molecular flexibility index (Phi) is 4.37. The predicted molar refractivity (Wildman–Crippen MR) is 83.6 cm³/mol. The molecule has 0 spiro atoms. The molecule has 0 aliphatic rings. The minimum atomic E-state index is -0.210. The molecule has 0 saturated carbocycles. The van der Waals surface area contributed by atoms with E-state index in [9.17, 15) is 5.11 Å². The van der Waals surface area contributed by atoms with E-state index in [0.29, 0.717) is 0 Å². The van der Waals surface area contributed by atoms with Gasteiger partial charge in [0.1, 0.15) is 5.76 Å². The molecule has 0 fully saturated rings. The van der Waals surface area contributed by atoms with Crippen LogP contribution in [0.15, 0.2) is 65.8 Å². The first-order valence-electron chi connectivity index (χ1n) is 7.26. The zero-order valence-electron chi connectivity index (χ0n) is 12.4. The molecule has 0 amide bonds. The second-order valence-electron chi connectivity index (χ2n) is 5.20. The minimum absolute atomic E-state index is 0.00895. The van der Waals surface area contributed by atoms with Crippen LogP contribution in [0.3, 0.4) is 0 Å². The summed E-state index contributed by atoms with van der Waals surface area (Å²) in [5.41, 5.74) is 2.21. The maximum absolute atomic E-state index is 9.53. The van der Waals surface area contributed by atoms with Crippen molar-refractivity contribution >= 4 is 0 Å². The van der Waals surface area contributed by atoms with Crippen molar-refractivity contribution < 1.29 is 9.52 Å². The van der Waals surface area contributed by atoms with Crippen molar-refractivity contribution in [2.75, 3.05) is 6.61 Å². The number of benzene rings is 1. The van der Waals surface area contributed by atoms with Crippen LogP contribution < -0.4 is 5.32 Å². The summed E-state index contributed by atoms with van der Waals surface area (Å²) in [5, 5.41) is 12.9. The van der Waals surface area contributed by atoms with E-state index in [0.717, 1.165) is 17.0 Å². The molecule has 22 heavy (non-hydrogen) atoms. The molecule has 2 unspecified atom stereocenters. The standard InChI is InChI=1S/C17H19N3O2/c1-13(19-16(11-21)17-3-2-10-22-17)14-4-6-15(7-5-14)20-9-8-18-12-20/h2-10,12-13,16,19,21H,11H2,1H3. The number of nitrogens with zero attached hydrogens (tertiary/aromatic N) is 2. The minimum Gasteiger partial charge on any atom is -0.468 e. The molecule has 0 radical (unpaired) electrons. The highest BCUT2D eigenvalue weighted by Gasteiger charge is 2.16. The van der Waals surface area contributed by atoms with Crippen molar-refractivity contribution in [3.8, 4) is 5.69 Å². The van der Waals surface area contributed by atoms with E-state index < -0.39 is 0 Å². The molecule has 3 rings (SSSR count). The zero-order valence-corrected chi connectivity index (χ0v) is 12.4. The Hall–Kier alpha value is -2.37. The highest BCUT2D eigenvalue weighted by Crippen LogP contribution is 2.21. The Morgan fingerprint density at radius 2 is 2.09 bits per heavy atom. The highest BCUT2D eigenvalue weighted by molar-refractivity contribution is 5.35. The molecule has 0 bridgehead atoms. The first kappa shape index (κ1) is 14.6. The Balaban J connectivity index is 1.70. The van der Waals surface area contributed by atoms with Crippen molar-refractivity contribution in [3.05, 3.63) is 72.7 Å². The van der Waals surface area contributed by atoms with E-state index >= 15 is 0 Å². The van der Waals surface area contributed by atoms with Crippen molar-refractivity contribution in [2.24, 2.45) is 0 Å². The number of furan rings is 1. The molecular weight excluding hydrogens is 278 g/mol. The lowest BCUT2D eigenvalue weighted by Gasteiger charge is -2.20. The van der Waals surface area contributed by atoms with Gasteiger partial charge in [-0.05, 0) is 36.8 Å². The van der Waals surface area contributed by atoms with Gasteiger partial charge in [-0.15, -0.1) is 0 Å². The number of hydrogen-bond acceptors (Lipinski definition) is 4. The Labute approximate surface area is 129 Å². The van der Waals surface area contributed by atoms with E-state index in [1.165, 1.54) is 0 Å². The molecule has 0 aliphatic carbocycles. The summed E-state index contributed by atoms with van der Waals surface area (Å²) in [7, 11) is 0. The van der Waals surface area contributed by atoms with Gasteiger partial charge in [-0.3, -0.25) is 5.32 Å². The topological polar surface area (TPSA) is 63.2 Å². The molecule has 2 N–H and O–H groups in total. The number of imidazole rings is 1. The van der Waals surface area contributed by atoms with Crippen molar-refractivity contribution in [1.29, 1.82) is 0 Å². The van der Waals surface area contributed by atoms with Crippen LogP contribution in [0, 0.1) is 0 Å². The molecule has 0 saturated heterocycles. The third-order valence-electron chi connectivity index (χ3n) is 3.72. The number of hydrogen-bond donors (Lipinski definition) is 2. The smallest absolute Gasteiger partial charge is 0.123 e. The summed E-state index contributed by atoms with van der Waals surface area (Å²) in [6.07, 6.45) is 7.06. The number of rotatable bonds is 6. The average molecular weight is 297 g/mol. The summed E-state index contributed by atoms with van der Waals surface area (Å²) < 4.78 is 7.32. The van der Waals surface area contributed by atoms with Crippen LogP contribution in [0.2, 0.25) is 0 Å². The van der Waals surface area contributed by atoms with Crippen LogP contribution in [-0.2, 0) is 0 Å². The lowest BCUT2D eigenvalue weighted by atomic mass is 10.1. The second-order valence-corrected chi connectivity index (χ2v) is 5.20. The van der Waals surface area contributed by atoms with Crippen molar-refractivity contribution in [2.45, 2.75) is 19.0 Å². The molecule has 2 heterocycles. The van der Waals surface area contributed by atoms with Gasteiger partial charge in [0, 0.05) is 24.1 Å². The fourth-order valence-electron chi connectivity index (χ4n) is 2.46. The zero-order chi connectivity index (χ0) is 15.4. The van der Waals surface area contributed by atoms with Gasteiger partial charge in [0.05, 0.1) is 25.2 Å². The Bertz CT molecular complexity index is 675. The van der Waals surface area contributed by atoms with E-state index in [2.05, 4.69) is 41.5 Å². The third kappa shape index (κ3) is 3.10. The normalized spacial score (nSPS) is 13.9. The summed E-state index contributed by atoms with van der Waals surface area (Å²) in [5.74, 6) is 0.740. The van der Waals surface area contributed by atoms with Crippen LogP contribution >= 0.6 is 0 Å². The Morgan fingerprint density at radius 3 is 2.68 bits per heavy atom. The molecule has 1 aromatic carbocycles. The lowest BCUT2D eigenvalue weighted by Crippen LogP contribution is -2.27. The van der Waals surface area contributed by atoms with E-state index in [4.69, 9.17) is 4.42 Å². The largest absolute Gasteiger partial charge is 0.468 e. The van der Waals surface area contributed by atoms with Crippen LogP contribution in [-0.4, -0.2) is 21.3 Å². The lowest BCUT2D eigenvalue weighted by molar-refractivity contribution is 0.217. The Morgan fingerprint density at radius 1 is 1.27 bits per heavy atom. The van der Waals surface area contributed by atoms with Crippen LogP contribution in [0.5, 0.6) is 0 Å². The summed E-state index contributed by atoms with van der Waals surface area (Å²) >= 11 is 0. The molecule has 2 atom stereocenters. The molecule has 5 nitrogen and oxygen atoms in total. The highest BCUT2D eigenvalue weighted by atomic mass is 16.3. The van der Waals surface area contributed by atoms with Crippen molar-refractivity contribution in [3.63, 3.8) is 0 Å². The average Bonchev–Trinajstić information content (AvgIpc) is 3.25. The van der Waals surface area contributed by atoms with E-state index in [1.54, 1.807) is 18.8 Å². The van der Waals surface area contributed by atoms with Gasteiger partial charge in [-0.2, -0.15) is 0 Å². The van der Waals surface area contributed by atoms with Gasteiger partial charge in [0.2, 0.25) is 0 Å². The quantitative estimate of drug-likeness (QED) is 0.734. The number of nitrogens with one attached hydrogen (secondary N) is 1. The monoisotopic (exact) mass is 297 g/mol. The molecule has 3 aromatic rings. The number of aliphatic hydroxyl groups excluding tert-OH is 1. The third-order valence-corrected chi connectivity index (χ3v) is 3.72. The van der Waals surface area contributed by atoms with Gasteiger partial charge < -0.3 is 14.1 Å². The van der Waals surface area contributed by atoms with Gasteiger partial charge in [-0.25, -0.2) is 4.98 Å². The summed E-state index contributed by atoms with van der Waals surface area (Å²) in [6, 6.07) is 11.8. The first-order chi connectivity index (χ1) is 10.8. The molecular formula is C17H19N3O2. The number of aromatic nitrogens is 2.